The van der Waals surface area contributed by atoms with Gasteiger partial charge >= 0.3 is 0 Å². The van der Waals surface area contributed by atoms with E-state index in [1.807, 2.05) is 6.07 Å². The Balaban J connectivity index is 1.51. The summed E-state index contributed by atoms with van der Waals surface area (Å²) in [4.78, 5) is 48.0. The zero-order chi connectivity index (χ0) is 26.1. The third-order valence-corrected chi connectivity index (χ3v) is 7.73. The second kappa shape index (κ2) is 10.0. The van der Waals surface area contributed by atoms with Crippen molar-refractivity contribution in [3.63, 3.8) is 0 Å². The standard InChI is InChI=1S/C22H20N8O5S2/c1-35-28-17(14-10-36-22(23)25-14)19(32)26-20-12(18(21(33)34)30-15(31)7-16(30)37-20)9-29-6-2-3-11(8-29)13-4-5-24-27-13/h2-6,8,10,16,20H,7,9H2,1H3,(H4-,23,24,25,26,27,32,33,34)/b28-17-/t16-,20?/m1/s1. The van der Waals surface area contributed by atoms with Crippen LogP contribution in [0, 0.1) is 0 Å². The van der Waals surface area contributed by atoms with Crippen LogP contribution in [0.2, 0.25) is 0 Å². The number of nitrogens with one attached hydrogen (secondary N) is 2. The zero-order valence-electron chi connectivity index (χ0n) is 19.3. The number of aliphatic carboxylic acids is 1. The van der Waals surface area contributed by atoms with E-state index in [-0.39, 0.29) is 46.7 Å². The fourth-order valence-corrected chi connectivity index (χ4v) is 6.03. The van der Waals surface area contributed by atoms with Crippen molar-refractivity contribution in [2.75, 3.05) is 12.8 Å². The van der Waals surface area contributed by atoms with Gasteiger partial charge in [0.2, 0.25) is 5.91 Å². The molecule has 37 heavy (non-hydrogen) atoms. The summed E-state index contributed by atoms with van der Waals surface area (Å²) >= 11 is 2.39. The van der Waals surface area contributed by atoms with Crippen LogP contribution in [0.4, 0.5) is 5.13 Å². The highest BCUT2D eigenvalue weighted by molar-refractivity contribution is 8.00. The van der Waals surface area contributed by atoms with Crippen molar-refractivity contribution in [1.82, 2.24) is 25.4 Å². The Morgan fingerprint density at radius 2 is 2.27 bits per heavy atom. The molecule has 0 bridgehead atoms. The van der Waals surface area contributed by atoms with Crippen LogP contribution < -0.4 is 20.7 Å². The lowest BCUT2D eigenvalue weighted by atomic mass is 10.1. The van der Waals surface area contributed by atoms with Gasteiger partial charge in [-0.15, -0.1) is 23.1 Å². The Morgan fingerprint density at radius 1 is 1.43 bits per heavy atom. The third-order valence-electron chi connectivity index (χ3n) is 5.69. The molecule has 0 spiro atoms. The summed E-state index contributed by atoms with van der Waals surface area (Å²) in [6.45, 7) is 0.0520. The molecule has 0 aliphatic carbocycles. The Kier molecular flexibility index (Phi) is 6.62. The number of nitrogens with two attached hydrogens (primary N) is 1. The quantitative estimate of drug-likeness (QED) is 0.143. The zero-order valence-corrected chi connectivity index (χ0v) is 20.9. The van der Waals surface area contributed by atoms with E-state index in [9.17, 15) is 19.5 Å². The number of carboxylic acid groups (broad SMARTS) is 1. The smallest absolute Gasteiger partial charge is 0.276 e. The van der Waals surface area contributed by atoms with Crippen LogP contribution in [0.3, 0.4) is 0 Å². The van der Waals surface area contributed by atoms with Crippen LogP contribution in [0.25, 0.3) is 11.3 Å². The van der Waals surface area contributed by atoms with Gasteiger partial charge < -0.3 is 25.8 Å². The minimum atomic E-state index is -1.50. The molecule has 5 rings (SSSR count). The number of rotatable bonds is 8. The molecule has 4 N–H and O–H groups in total. The predicted octanol–water partition coefficient (Wildman–Crippen LogP) is -0.795. The normalized spacial score (nSPS) is 19.3. The van der Waals surface area contributed by atoms with E-state index in [0.717, 1.165) is 16.9 Å². The molecule has 190 valence electrons. The number of carbonyl (C=O) groups is 3. The van der Waals surface area contributed by atoms with Gasteiger partial charge in [0.05, 0.1) is 40.3 Å². The van der Waals surface area contributed by atoms with Crippen molar-refractivity contribution in [2.45, 2.75) is 23.7 Å². The lowest BCUT2D eigenvalue weighted by Gasteiger charge is -2.47. The molecule has 0 radical (unpaired) electrons. The summed E-state index contributed by atoms with van der Waals surface area (Å²) in [5.74, 6) is -2.47. The summed E-state index contributed by atoms with van der Waals surface area (Å²) < 4.78 is 1.75. The Labute approximate surface area is 218 Å². The summed E-state index contributed by atoms with van der Waals surface area (Å²) in [5, 5.41) is 26.4. The maximum atomic E-state index is 13.3. The maximum absolute atomic E-state index is 13.3. The fraction of sp³-hybridized carbons (Fsp3) is 0.227. The van der Waals surface area contributed by atoms with Gasteiger partial charge in [0.15, 0.2) is 29.8 Å². The molecule has 3 aromatic heterocycles. The number of oxime groups is 1. The van der Waals surface area contributed by atoms with Crippen molar-refractivity contribution in [2.24, 2.45) is 5.16 Å². The summed E-state index contributed by atoms with van der Waals surface area (Å²) in [6, 6.07) is 5.45. The number of nitrogens with zero attached hydrogens (tertiary/aromatic N) is 5. The number of fused-ring (bicyclic) bond motifs is 1. The van der Waals surface area contributed by atoms with Gasteiger partial charge in [-0.05, 0) is 12.1 Å². The van der Waals surface area contributed by atoms with Gasteiger partial charge in [-0.25, -0.2) is 9.55 Å². The van der Waals surface area contributed by atoms with Crippen molar-refractivity contribution in [3.8, 4) is 11.3 Å². The monoisotopic (exact) mass is 540 g/mol. The number of hydrogen-bond acceptors (Lipinski definition) is 11. The molecule has 5 heterocycles. The van der Waals surface area contributed by atoms with Crippen LogP contribution in [0.5, 0.6) is 0 Å². The number of thiazole rings is 1. The molecule has 1 unspecified atom stereocenters. The van der Waals surface area contributed by atoms with Crippen LogP contribution in [-0.2, 0) is 25.8 Å². The second-order valence-electron chi connectivity index (χ2n) is 7.99. The van der Waals surface area contributed by atoms with Crippen LogP contribution in [0.1, 0.15) is 12.1 Å². The number of amides is 2. The topological polar surface area (TPSA) is 183 Å². The number of nitrogen functional groups attached to an aromatic ring is 1. The number of anilines is 1. The molecule has 1 saturated heterocycles. The average Bonchev–Trinajstić information content (AvgIpc) is 3.55. The fourth-order valence-electron chi connectivity index (χ4n) is 4.06. The van der Waals surface area contributed by atoms with E-state index in [1.165, 1.54) is 23.8 Å². The highest BCUT2D eigenvalue weighted by Crippen LogP contribution is 2.43. The molecular formula is C22H20N8O5S2. The molecule has 1 fully saturated rings. The molecule has 2 aliphatic rings. The first-order valence-electron chi connectivity index (χ1n) is 10.9. The van der Waals surface area contributed by atoms with Gasteiger partial charge in [0.1, 0.15) is 18.2 Å². The first kappa shape index (κ1) is 24.5. The number of carboxylic acids is 1. The summed E-state index contributed by atoms with van der Waals surface area (Å²) in [5.41, 5.74) is 7.32. The van der Waals surface area contributed by atoms with Gasteiger partial charge in [0.25, 0.3) is 5.91 Å². The number of H-pyrrole nitrogens is 1. The van der Waals surface area contributed by atoms with E-state index in [4.69, 9.17) is 10.6 Å². The van der Waals surface area contributed by atoms with Gasteiger partial charge in [-0.3, -0.25) is 19.6 Å². The Morgan fingerprint density at radius 3 is 2.92 bits per heavy atom. The Bertz CT molecular complexity index is 1430. The molecule has 2 atom stereocenters. The number of hydrogen-bond donors (Lipinski definition) is 3. The molecule has 0 saturated carbocycles. The van der Waals surface area contributed by atoms with E-state index in [2.05, 4.69) is 25.7 Å². The minimum absolute atomic E-state index is 0.0520. The average molecular weight is 541 g/mol. The Hall–Kier alpha value is -4.24. The van der Waals surface area contributed by atoms with Crippen molar-refractivity contribution >= 4 is 51.7 Å². The summed E-state index contributed by atoms with van der Waals surface area (Å²) in [6.07, 6.45) is 5.38. The molecular weight excluding hydrogens is 520 g/mol. The molecule has 3 aromatic rings. The largest absolute Gasteiger partial charge is 0.543 e. The van der Waals surface area contributed by atoms with Crippen LogP contribution >= 0.6 is 23.1 Å². The lowest BCUT2D eigenvalue weighted by Crippen LogP contribution is -2.60. The second-order valence-corrected chi connectivity index (χ2v) is 10.2. The SMILES string of the molecule is CO/N=C(\C(=O)NC1S[C@@H]2CC(=O)N2C(C(=O)[O-])=C1C[n+]1cccc(-c2cc[nH]n2)c1)c1csc(N)n1. The molecule has 0 aromatic carbocycles. The molecule has 2 amide bonds. The first-order valence-corrected chi connectivity index (χ1v) is 12.7. The van der Waals surface area contributed by atoms with Crippen molar-refractivity contribution < 1.29 is 28.9 Å². The summed E-state index contributed by atoms with van der Waals surface area (Å²) in [7, 11) is 1.29. The van der Waals surface area contributed by atoms with E-state index >= 15 is 0 Å². The van der Waals surface area contributed by atoms with Crippen molar-refractivity contribution in [1.29, 1.82) is 0 Å². The van der Waals surface area contributed by atoms with Crippen LogP contribution in [-0.4, -0.2) is 61.4 Å². The van der Waals surface area contributed by atoms with E-state index in [1.54, 1.807) is 40.7 Å². The lowest BCUT2D eigenvalue weighted by molar-refractivity contribution is -0.688. The van der Waals surface area contributed by atoms with Gasteiger partial charge in [-0.1, -0.05) is 5.16 Å². The van der Waals surface area contributed by atoms with Gasteiger partial charge in [0, 0.05) is 17.6 Å². The predicted molar refractivity (Wildman–Crippen MR) is 131 cm³/mol. The number of aromatic nitrogens is 4. The molecule has 2 aliphatic heterocycles. The van der Waals surface area contributed by atoms with Crippen molar-refractivity contribution in [3.05, 3.63) is 59.1 Å². The number of thioether (sulfide) groups is 1. The number of aromatic amines is 1. The number of β-lactam (4-membered cyclic amide) rings is 1. The maximum Gasteiger partial charge on any atom is 0.276 e. The van der Waals surface area contributed by atoms with Gasteiger partial charge in [-0.2, -0.15) is 5.10 Å². The first-order chi connectivity index (χ1) is 17.9. The van der Waals surface area contributed by atoms with E-state index < -0.39 is 22.6 Å². The third kappa shape index (κ3) is 4.77. The minimum Gasteiger partial charge on any atom is -0.543 e. The highest BCUT2D eigenvalue weighted by Gasteiger charge is 2.48. The van der Waals surface area contributed by atoms with E-state index in [0.29, 0.717) is 5.69 Å². The molecule has 15 heteroatoms. The van der Waals surface area contributed by atoms with Crippen LogP contribution in [0.15, 0.2) is 58.6 Å². The number of pyridine rings is 1. The molecule has 13 nitrogen and oxygen atoms in total. The highest BCUT2D eigenvalue weighted by atomic mass is 32.2. The number of carbonyl (C=O) groups excluding carboxylic acids is 3.